The van der Waals surface area contributed by atoms with Crippen LogP contribution < -0.4 is 14.8 Å². The van der Waals surface area contributed by atoms with Gasteiger partial charge >= 0.3 is 0 Å². The number of methoxy groups -OCH3 is 1. The van der Waals surface area contributed by atoms with Gasteiger partial charge in [-0.1, -0.05) is 12.1 Å². The Kier molecular flexibility index (Phi) is 4.00. The van der Waals surface area contributed by atoms with Crippen LogP contribution >= 0.6 is 0 Å². The lowest BCUT2D eigenvalue weighted by Gasteiger charge is -2.15. The van der Waals surface area contributed by atoms with Crippen LogP contribution in [0.3, 0.4) is 0 Å². The van der Waals surface area contributed by atoms with Crippen molar-refractivity contribution >= 4 is 5.84 Å². The van der Waals surface area contributed by atoms with Gasteiger partial charge in [-0.05, 0) is 18.2 Å². The molecule has 1 aromatic carbocycles. The fraction of sp³-hybridized carbons (Fsp3) is 0.250. The molecule has 1 aromatic heterocycles. The number of hydrogen-bond acceptors (Lipinski definition) is 5. The molecule has 5 heteroatoms. The largest absolute Gasteiger partial charge is 0.493 e. The van der Waals surface area contributed by atoms with Crippen molar-refractivity contribution < 1.29 is 9.47 Å². The highest BCUT2D eigenvalue weighted by Gasteiger charge is 2.17. The number of aromatic nitrogens is 1. The first-order chi connectivity index (χ1) is 10.4. The Hall–Kier alpha value is -2.56. The van der Waals surface area contributed by atoms with E-state index in [9.17, 15) is 0 Å². The summed E-state index contributed by atoms with van der Waals surface area (Å²) in [6, 6.07) is 9.68. The van der Waals surface area contributed by atoms with E-state index in [2.05, 4.69) is 15.3 Å². The molecular formula is C16H17N3O2. The van der Waals surface area contributed by atoms with E-state index in [1.165, 1.54) is 0 Å². The van der Waals surface area contributed by atoms with E-state index >= 15 is 0 Å². The molecule has 0 saturated heterocycles. The van der Waals surface area contributed by atoms with E-state index in [1.54, 1.807) is 19.5 Å². The number of ether oxygens (including phenoxy) is 2. The first-order valence-corrected chi connectivity index (χ1v) is 6.86. The maximum absolute atomic E-state index is 5.97. The second-order valence-corrected chi connectivity index (χ2v) is 4.64. The van der Waals surface area contributed by atoms with Crippen molar-refractivity contribution in [3.8, 4) is 11.5 Å². The Morgan fingerprint density at radius 1 is 1.24 bits per heavy atom. The monoisotopic (exact) mass is 283 g/mol. The maximum atomic E-state index is 5.97. The molecule has 21 heavy (non-hydrogen) atoms. The van der Waals surface area contributed by atoms with E-state index in [4.69, 9.17) is 9.47 Å². The summed E-state index contributed by atoms with van der Waals surface area (Å²) < 4.78 is 11.4. The summed E-state index contributed by atoms with van der Waals surface area (Å²) in [6.07, 6.45) is 3.54. The Morgan fingerprint density at radius 2 is 2.19 bits per heavy atom. The number of pyridine rings is 1. The predicted molar refractivity (Wildman–Crippen MR) is 81.0 cm³/mol. The highest BCUT2D eigenvalue weighted by Crippen LogP contribution is 2.32. The van der Waals surface area contributed by atoms with E-state index in [1.807, 2.05) is 30.3 Å². The Balaban J connectivity index is 1.88. The van der Waals surface area contributed by atoms with Crippen molar-refractivity contribution in [3.63, 3.8) is 0 Å². The first-order valence-electron chi connectivity index (χ1n) is 6.86. The molecule has 0 bridgehead atoms. The summed E-state index contributed by atoms with van der Waals surface area (Å²) in [6.45, 7) is 2.08. The molecule has 1 aliphatic rings. The SMILES string of the molecule is COc1cccc(C2=NCCN2)c1OCc1cccnc1. The maximum Gasteiger partial charge on any atom is 0.172 e. The van der Waals surface area contributed by atoms with Gasteiger partial charge in [0.2, 0.25) is 0 Å². The molecule has 0 fully saturated rings. The Labute approximate surface area is 123 Å². The lowest BCUT2D eigenvalue weighted by Crippen LogP contribution is -2.20. The zero-order valence-corrected chi connectivity index (χ0v) is 11.9. The number of benzene rings is 1. The van der Waals surface area contributed by atoms with Crippen LogP contribution in [-0.2, 0) is 6.61 Å². The molecule has 0 atom stereocenters. The number of para-hydroxylation sites is 1. The number of aliphatic imine (C=N–C) groups is 1. The quantitative estimate of drug-likeness (QED) is 0.912. The van der Waals surface area contributed by atoms with Gasteiger partial charge in [-0.3, -0.25) is 9.98 Å². The molecule has 0 spiro atoms. The molecule has 0 unspecified atom stereocenters. The number of amidine groups is 1. The summed E-state index contributed by atoms with van der Waals surface area (Å²) in [7, 11) is 1.64. The van der Waals surface area contributed by atoms with Crippen LogP contribution in [0.15, 0.2) is 47.7 Å². The van der Waals surface area contributed by atoms with Crippen LogP contribution in [0.25, 0.3) is 0 Å². The average molecular weight is 283 g/mol. The molecule has 1 N–H and O–H groups in total. The predicted octanol–water partition coefficient (Wildman–Crippen LogP) is 2.02. The summed E-state index contributed by atoms with van der Waals surface area (Å²) >= 11 is 0. The molecule has 5 nitrogen and oxygen atoms in total. The molecule has 0 aliphatic carbocycles. The summed E-state index contributed by atoms with van der Waals surface area (Å²) in [5.41, 5.74) is 1.94. The number of hydrogen-bond donors (Lipinski definition) is 1. The third-order valence-electron chi connectivity index (χ3n) is 3.23. The number of rotatable bonds is 5. The van der Waals surface area contributed by atoms with Gasteiger partial charge in [0, 0.05) is 24.5 Å². The van der Waals surface area contributed by atoms with Crippen molar-refractivity contribution in [1.82, 2.24) is 10.3 Å². The van der Waals surface area contributed by atoms with Crippen LogP contribution in [0.5, 0.6) is 11.5 Å². The normalized spacial score (nSPS) is 13.5. The van der Waals surface area contributed by atoms with Crippen LogP contribution in [-0.4, -0.2) is 31.0 Å². The number of nitrogens with zero attached hydrogens (tertiary/aromatic N) is 2. The molecule has 2 aromatic rings. The molecule has 0 radical (unpaired) electrons. The van der Waals surface area contributed by atoms with Crippen LogP contribution in [0.1, 0.15) is 11.1 Å². The zero-order valence-electron chi connectivity index (χ0n) is 11.9. The van der Waals surface area contributed by atoms with Crippen molar-refractivity contribution in [2.24, 2.45) is 4.99 Å². The highest BCUT2D eigenvalue weighted by atomic mass is 16.5. The van der Waals surface area contributed by atoms with Gasteiger partial charge in [-0.2, -0.15) is 0 Å². The van der Waals surface area contributed by atoms with Gasteiger partial charge in [-0.15, -0.1) is 0 Å². The van der Waals surface area contributed by atoms with Gasteiger partial charge in [-0.25, -0.2) is 0 Å². The molecule has 1 aliphatic heterocycles. The number of nitrogens with one attached hydrogen (secondary N) is 1. The van der Waals surface area contributed by atoms with Crippen LogP contribution in [0.2, 0.25) is 0 Å². The Morgan fingerprint density at radius 3 is 2.90 bits per heavy atom. The fourth-order valence-corrected chi connectivity index (χ4v) is 2.23. The van der Waals surface area contributed by atoms with E-state index in [0.29, 0.717) is 18.1 Å². The minimum Gasteiger partial charge on any atom is -0.493 e. The third-order valence-corrected chi connectivity index (χ3v) is 3.23. The topological polar surface area (TPSA) is 55.7 Å². The van der Waals surface area contributed by atoms with Gasteiger partial charge < -0.3 is 14.8 Å². The standard InChI is InChI=1S/C16H17N3O2/c1-20-14-6-2-5-13(16-18-8-9-19-16)15(14)21-11-12-4-3-7-17-10-12/h2-7,10H,8-9,11H2,1H3,(H,18,19). The summed E-state index contributed by atoms with van der Waals surface area (Å²) in [4.78, 5) is 8.55. The van der Waals surface area contributed by atoms with Gasteiger partial charge in [0.05, 0.1) is 19.2 Å². The van der Waals surface area contributed by atoms with Crippen LogP contribution in [0, 0.1) is 0 Å². The molecule has 108 valence electrons. The van der Waals surface area contributed by atoms with E-state index in [-0.39, 0.29) is 0 Å². The van der Waals surface area contributed by atoms with Crippen molar-refractivity contribution in [1.29, 1.82) is 0 Å². The minimum atomic E-state index is 0.439. The van der Waals surface area contributed by atoms with Crippen molar-refractivity contribution in [3.05, 3.63) is 53.9 Å². The smallest absolute Gasteiger partial charge is 0.172 e. The lowest BCUT2D eigenvalue weighted by atomic mass is 10.1. The second kappa shape index (κ2) is 6.26. The molecule has 0 saturated carbocycles. The van der Waals surface area contributed by atoms with Crippen molar-refractivity contribution in [2.75, 3.05) is 20.2 Å². The molecule has 2 heterocycles. The average Bonchev–Trinajstić information content (AvgIpc) is 3.08. The fourth-order valence-electron chi connectivity index (χ4n) is 2.23. The lowest BCUT2D eigenvalue weighted by molar-refractivity contribution is 0.283. The molecule has 3 rings (SSSR count). The summed E-state index contributed by atoms with van der Waals surface area (Å²) in [5.74, 6) is 2.26. The third kappa shape index (κ3) is 2.97. The van der Waals surface area contributed by atoms with Gasteiger partial charge in [0.25, 0.3) is 0 Å². The van der Waals surface area contributed by atoms with Crippen molar-refractivity contribution in [2.45, 2.75) is 6.61 Å². The first kappa shape index (κ1) is 13.4. The summed E-state index contributed by atoms with van der Waals surface area (Å²) in [5, 5.41) is 3.26. The van der Waals surface area contributed by atoms with E-state index in [0.717, 1.165) is 30.1 Å². The van der Waals surface area contributed by atoms with E-state index < -0.39 is 0 Å². The molecular weight excluding hydrogens is 266 g/mol. The zero-order chi connectivity index (χ0) is 14.5. The molecule has 0 amide bonds. The van der Waals surface area contributed by atoms with Gasteiger partial charge in [0.1, 0.15) is 12.4 Å². The second-order valence-electron chi connectivity index (χ2n) is 4.64. The minimum absolute atomic E-state index is 0.439. The van der Waals surface area contributed by atoms with Crippen LogP contribution in [0.4, 0.5) is 0 Å². The van der Waals surface area contributed by atoms with Gasteiger partial charge in [0.15, 0.2) is 11.5 Å². The Bertz CT molecular complexity index is 641. The highest BCUT2D eigenvalue weighted by molar-refractivity contribution is 6.02.